The number of benzene rings is 1. The molecule has 132 valence electrons. The first-order valence-electron chi connectivity index (χ1n) is 8.47. The van der Waals surface area contributed by atoms with Crippen molar-refractivity contribution >= 4 is 12.0 Å². The summed E-state index contributed by atoms with van der Waals surface area (Å²) in [5.74, 6) is 1.38. The van der Waals surface area contributed by atoms with Crippen molar-refractivity contribution in [3.8, 4) is 5.75 Å². The molecule has 3 rings (SSSR count). The second-order valence-corrected chi connectivity index (χ2v) is 5.86. The summed E-state index contributed by atoms with van der Waals surface area (Å²) in [5.41, 5.74) is 1.11. The Labute approximate surface area is 147 Å². The number of rotatable bonds is 6. The number of likely N-dealkylation sites (tertiary alicyclic amines) is 1. The van der Waals surface area contributed by atoms with Gasteiger partial charge in [0.25, 0.3) is 0 Å². The first-order chi connectivity index (χ1) is 12.3. The number of amides is 2. The molecule has 1 aromatic carbocycles. The van der Waals surface area contributed by atoms with Crippen molar-refractivity contribution in [3.63, 3.8) is 0 Å². The van der Waals surface area contributed by atoms with Crippen LogP contribution in [0.4, 0.5) is 10.7 Å². The molecule has 0 saturated carbocycles. The molecule has 1 aromatic heterocycles. The van der Waals surface area contributed by atoms with Crippen molar-refractivity contribution < 1.29 is 9.53 Å². The van der Waals surface area contributed by atoms with Crippen LogP contribution in [-0.2, 0) is 0 Å². The molecule has 2 N–H and O–H groups in total. The number of nitrogens with zero attached hydrogens (tertiary/aromatic N) is 3. The Bertz CT molecular complexity index is 695. The molecule has 7 heteroatoms. The van der Waals surface area contributed by atoms with E-state index in [-0.39, 0.29) is 12.1 Å². The third-order valence-corrected chi connectivity index (χ3v) is 4.24. The number of anilines is 1. The van der Waals surface area contributed by atoms with E-state index in [1.807, 2.05) is 29.2 Å². The smallest absolute Gasteiger partial charge is 0.317 e. The molecule has 0 unspecified atom stereocenters. The lowest BCUT2D eigenvalue weighted by Crippen LogP contribution is -2.41. The minimum atomic E-state index is -0.0406. The maximum Gasteiger partial charge on any atom is 0.317 e. The van der Waals surface area contributed by atoms with Crippen molar-refractivity contribution in [1.29, 1.82) is 0 Å². The van der Waals surface area contributed by atoms with E-state index in [1.54, 1.807) is 25.6 Å². The number of aromatic nitrogens is 2. The van der Waals surface area contributed by atoms with Gasteiger partial charge in [-0.25, -0.2) is 14.8 Å². The highest BCUT2D eigenvalue weighted by Gasteiger charge is 2.29. The first kappa shape index (κ1) is 17.0. The zero-order valence-corrected chi connectivity index (χ0v) is 14.3. The van der Waals surface area contributed by atoms with Crippen molar-refractivity contribution in [3.05, 3.63) is 48.3 Å². The summed E-state index contributed by atoms with van der Waals surface area (Å²) < 4.78 is 5.29. The van der Waals surface area contributed by atoms with Crippen LogP contribution in [0.2, 0.25) is 0 Å². The average Bonchev–Trinajstić information content (AvgIpc) is 3.16. The monoisotopic (exact) mass is 341 g/mol. The molecule has 2 aromatic rings. The maximum absolute atomic E-state index is 12.5. The number of hydrogen-bond acceptors (Lipinski definition) is 5. The number of carbonyl (C=O) groups excluding carboxylic acids is 1. The number of urea groups is 1. The van der Waals surface area contributed by atoms with Crippen LogP contribution in [0.1, 0.15) is 24.4 Å². The Kier molecular flexibility index (Phi) is 5.66. The summed E-state index contributed by atoms with van der Waals surface area (Å²) in [7, 11) is 1.65. The summed E-state index contributed by atoms with van der Waals surface area (Å²) in [4.78, 5) is 22.6. The minimum absolute atomic E-state index is 0.0406. The number of hydrogen-bond donors (Lipinski definition) is 2. The van der Waals surface area contributed by atoms with Crippen LogP contribution in [0.25, 0.3) is 0 Å². The van der Waals surface area contributed by atoms with Crippen LogP contribution >= 0.6 is 0 Å². The van der Waals surface area contributed by atoms with Gasteiger partial charge in [-0.2, -0.15) is 0 Å². The van der Waals surface area contributed by atoms with Gasteiger partial charge in [0, 0.05) is 32.0 Å². The Morgan fingerprint density at radius 3 is 2.92 bits per heavy atom. The van der Waals surface area contributed by atoms with Crippen molar-refractivity contribution in [2.24, 2.45) is 0 Å². The third-order valence-electron chi connectivity index (χ3n) is 4.24. The fraction of sp³-hybridized carbons (Fsp3) is 0.389. The van der Waals surface area contributed by atoms with Crippen molar-refractivity contribution in [1.82, 2.24) is 20.2 Å². The van der Waals surface area contributed by atoms with Gasteiger partial charge >= 0.3 is 6.03 Å². The van der Waals surface area contributed by atoms with E-state index in [0.29, 0.717) is 19.0 Å². The minimum Gasteiger partial charge on any atom is -0.497 e. The molecule has 1 aliphatic heterocycles. The highest BCUT2D eigenvalue weighted by atomic mass is 16.5. The van der Waals surface area contributed by atoms with Gasteiger partial charge in [0.2, 0.25) is 5.95 Å². The van der Waals surface area contributed by atoms with Gasteiger partial charge in [-0.3, -0.25) is 0 Å². The van der Waals surface area contributed by atoms with Gasteiger partial charge in [0.1, 0.15) is 5.75 Å². The summed E-state index contributed by atoms with van der Waals surface area (Å²) in [6.07, 6.45) is 5.33. The second kappa shape index (κ2) is 8.32. The molecule has 1 atom stereocenters. The van der Waals surface area contributed by atoms with E-state index in [4.69, 9.17) is 4.74 Å². The van der Waals surface area contributed by atoms with Gasteiger partial charge in [0.15, 0.2) is 0 Å². The van der Waals surface area contributed by atoms with E-state index in [9.17, 15) is 4.79 Å². The molecule has 0 bridgehead atoms. The van der Waals surface area contributed by atoms with Crippen LogP contribution in [0, 0.1) is 0 Å². The summed E-state index contributed by atoms with van der Waals surface area (Å²) >= 11 is 0. The molecule has 1 fully saturated rings. The summed E-state index contributed by atoms with van der Waals surface area (Å²) in [5, 5.41) is 6.04. The van der Waals surface area contributed by atoms with Gasteiger partial charge in [0.05, 0.1) is 13.2 Å². The van der Waals surface area contributed by atoms with Gasteiger partial charge in [-0.05, 0) is 36.6 Å². The Hall–Kier alpha value is -2.83. The number of carbonyl (C=O) groups is 1. The Morgan fingerprint density at radius 2 is 2.12 bits per heavy atom. The van der Waals surface area contributed by atoms with Gasteiger partial charge in [-0.15, -0.1) is 0 Å². The zero-order valence-electron chi connectivity index (χ0n) is 14.3. The predicted octanol–water partition coefficient (Wildman–Crippen LogP) is 2.44. The normalized spacial score (nSPS) is 16.5. The molecule has 7 nitrogen and oxygen atoms in total. The predicted molar refractivity (Wildman–Crippen MR) is 95.6 cm³/mol. The maximum atomic E-state index is 12.5. The van der Waals surface area contributed by atoms with E-state index in [1.165, 1.54) is 0 Å². The SMILES string of the molecule is COc1cccc([C@H]2CCCN2C(=O)NCCNc2ncccn2)c1. The molecular formula is C18H23N5O2. The van der Waals surface area contributed by atoms with Gasteiger partial charge in [-0.1, -0.05) is 12.1 Å². The Balaban J connectivity index is 1.52. The molecule has 2 heterocycles. The molecule has 2 amide bonds. The highest BCUT2D eigenvalue weighted by Crippen LogP contribution is 2.33. The molecule has 1 saturated heterocycles. The van der Waals surface area contributed by atoms with E-state index in [0.717, 1.165) is 30.7 Å². The summed E-state index contributed by atoms with van der Waals surface area (Å²) in [6.45, 7) is 1.86. The zero-order chi connectivity index (χ0) is 17.5. The number of nitrogens with one attached hydrogen (secondary N) is 2. The fourth-order valence-corrected chi connectivity index (χ4v) is 3.04. The second-order valence-electron chi connectivity index (χ2n) is 5.86. The van der Waals surface area contributed by atoms with Crippen LogP contribution in [0.5, 0.6) is 5.75 Å². The van der Waals surface area contributed by atoms with Crippen LogP contribution in [-0.4, -0.2) is 47.6 Å². The highest BCUT2D eigenvalue weighted by molar-refractivity contribution is 5.75. The molecule has 25 heavy (non-hydrogen) atoms. The van der Waals surface area contributed by atoms with Crippen LogP contribution < -0.4 is 15.4 Å². The quantitative estimate of drug-likeness (QED) is 0.789. The lowest BCUT2D eigenvalue weighted by atomic mass is 10.0. The standard InChI is InChI=1S/C18H23N5O2/c1-25-15-6-2-5-14(13-15)16-7-3-12-23(16)18(24)22-11-10-21-17-19-8-4-9-20-17/h2,4-6,8-9,13,16H,3,7,10-12H2,1H3,(H,22,24)(H,19,20,21)/t16-/m1/s1. The molecule has 0 spiro atoms. The lowest BCUT2D eigenvalue weighted by molar-refractivity contribution is 0.193. The lowest BCUT2D eigenvalue weighted by Gasteiger charge is -2.25. The van der Waals surface area contributed by atoms with E-state index >= 15 is 0 Å². The van der Waals surface area contributed by atoms with Gasteiger partial charge < -0.3 is 20.3 Å². The average molecular weight is 341 g/mol. The van der Waals surface area contributed by atoms with Crippen molar-refractivity contribution in [2.75, 3.05) is 32.1 Å². The van der Waals surface area contributed by atoms with Crippen molar-refractivity contribution in [2.45, 2.75) is 18.9 Å². The summed E-state index contributed by atoms with van der Waals surface area (Å²) in [6, 6.07) is 9.75. The third kappa shape index (κ3) is 4.37. The van der Waals surface area contributed by atoms with Crippen LogP contribution in [0.3, 0.4) is 0 Å². The number of ether oxygens (including phenoxy) is 1. The molecule has 1 aliphatic rings. The molecular weight excluding hydrogens is 318 g/mol. The molecule has 0 radical (unpaired) electrons. The Morgan fingerprint density at radius 1 is 1.28 bits per heavy atom. The van der Waals surface area contributed by atoms with E-state index < -0.39 is 0 Å². The van der Waals surface area contributed by atoms with E-state index in [2.05, 4.69) is 20.6 Å². The van der Waals surface area contributed by atoms with Crippen LogP contribution in [0.15, 0.2) is 42.7 Å². The molecule has 0 aliphatic carbocycles. The number of methoxy groups -OCH3 is 1. The first-order valence-corrected chi connectivity index (χ1v) is 8.47. The fourth-order valence-electron chi connectivity index (χ4n) is 3.04. The largest absolute Gasteiger partial charge is 0.497 e. The topological polar surface area (TPSA) is 79.4 Å².